The number of fused-ring (bicyclic) bond motifs is 9. The molecule has 0 saturated heterocycles. The minimum absolute atomic E-state index is 0.000295. The maximum atomic E-state index is 14.9. The number of ether oxygens (including phenoxy) is 2. The summed E-state index contributed by atoms with van der Waals surface area (Å²) < 4.78 is 11.4. The summed E-state index contributed by atoms with van der Waals surface area (Å²) in [6.07, 6.45) is 9.22. The van der Waals surface area contributed by atoms with Crippen molar-refractivity contribution in [2.24, 2.45) is 57.0 Å². The Balaban J connectivity index is 0.00000307. The predicted octanol–water partition coefficient (Wildman–Crippen LogP) is 8.97. The second kappa shape index (κ2) is 17.5. The number of esters is 2. The third-order valence-corrected chi connectivity index (χ3v) is 16.9. The van der Waals surface area contributed by atoms with E-state index in [4.69, 9.17) is 31.9 Å². The number of hydrogen-bond donors (Lipinski definition) is 3. The van der Waals surface area contributed by atoms with E-state index < -0.39 is 45.5 Å². The number of halogens is 1. The molecule has 10 nitrogen and oxygen atoms in total. The Morgan fingerprint density at radius 1 is 0.918 bits per heavy atom. The number of carbonyl (C=O) groups excluding carboxylic acids is 5. The second-order valence-electron chi connectivity index (χ2n) is 21.1. The van der Waals surface area contributed by atoms with Crippen molar-refractivity contribution < 1.29 is 38.6 Å². The van der Waals surface area contributed by atoms with Gasteiger partial charge in [-0.25, -0.2) is 0 Å². The number of benzene rings is 1. The van der Waals surface area contributed by atoms with Crippen LogP contribution in [0.5, 0.6) is 0 Å². The van der Waals surface area contributed by atoms with E-state index in [9.17, 15) is 24.0 Å². The van der Waals surface area contributed by atoms with E-state index in [-0.39, 0.29) is 66.5 Å². The fourth-order valence-corrected chi connectivity index (χ4v) is 13.5. The first-order chi connectivity index (χ1) is 28.7. The summed E-state index contributed by atoms with van der Waals surface area (Å²) in [5.41, 5.74) is 6.14. The van der Waals surface area contributed by atoms with Crippen molar-refractivity contribution in [1.82, 2.24) is 5.32 Å². The minimum Gasteiger partial charge on any atom is -0.463 e. The molecule has 61 heavy (non-hydrogen) atoms. The highest BCUT2D eigenvalue weighted by Crippen LogP contribution is 2.70. The van der Waals surface area contributed by atoms with Gasteiger partial charge >= 0.3 is 11.9 Å². The van der Waals surface area contributed by atoms with Crippen LogP contribution in [0.2, 0.25) is 5.02 Å². The first-order valence-electron chi connectivity index (χ1n) is 23.3. The van der Waals surface area contributed by atoms with Crippen LogP contribution in [0.25, 0.3) is 0 Å². The summed E-state index contributed by atoms with van der Waals surface area (Å²) >= 11 is 6.17. The molecule has 5 saturated carbocycles. The molecule has 1 amide bonds. The predicted molar refractivity (Wildman–Crippen MR) is 236 cm³/mol. The summed E-state index contributed by atoms with van der Waals surface area (Å²) in [5.74, 6) is -1.53. The number of aliphatic hydroxyl groups excluding tert-OH is 1. The summed E-state index contributed by atoms with van der Waals surface area (Å²) in [7, 11) is 0. The lowest BCUT2D eigenvalue weighted by Gasteiger charge is -2.66. The molecule has 9 atom stereocenters. The molecule has 6 aliphatic carbocycles. The second-order valence-corrected chi connectivity index (χ2v) is 21.5. The van der Waals surface area contributed by atoms with Crippen LogP contribution in [-0.2, 0) is 39.0 Å². The lowest BCUT2D eigenvalue weighted by molar-refractivity contribution is -0.168. The van der Waals surface area contributed by atoms with Gasteiger partial charge in [-0.2, -0.15) is 0 Å². The van der Waals surface area contributed by atoms with Crippen molar-refractivity contribution in [1.29, 1.82) is 0 Å². The summed E-state index contributed by atoms with van der Waals surface area (Å²) in [6.45, 7) is 18.0. The summed E-state index contributed by atoms with van der Waals surface area (Å²) in [6, 6.07) is 7.41. The third kappa shape index (κ3) is 8.41. The van der Waals surface area contributed by atoms with E-state index in [1.165, 1.54) is 0 Å². The van der Waals surface area contributed by atoms with Crippen LogP contribution in [0.1, 0.15) is 158 Å². The molecule has 1 aromatic rings. The molecule has 0 radical (unpaired) electrons. The van der Waals surface area contributed by atoms with Gasteiger partial charge in [0, 0.05) is 17.0 Å². The Labute approximate surface area is 369 Å². The highest BCUT2D eigenvalue weighted by Gasteiger charge is 2.69. The van der Waals surface area contributed by atoms with E-state index in [2.05, 4.69) is 26.1 Å². The standard InChI is InChI=1S/C48H67ClN2O8.C2H6/c1-28(2)38-33(53)26-46(40(55)41(56)51-47(22-23-47)31-8-10-32(49)11-9-31)20-15-36-45(7)19-13-30-12-17-44(6,35(45)16-21-48(36,50)39(38)46)18-14-34(29(30)3)59-37(54)27-43(4,5)42(57)58-25-24-52;1-2/h8-11,28-30,34-36,52H,12-27,50H2,1-7H3,(H,51,56);1-2H3. The number of hydrogen-bond acceptors (Lipinski definition) is 9. The minimum atomic E-state index is -1.25. The number of allylic oxidation sites excluding steroid dienone is 1. The van der Waals surface area contributed by atoms with Crippen molar-refractivity contribution in [3.8, 4) is 0 Å². The summed E-state index contributed by atoms with van der Waals surface area (Å²) in [4.78, 5) is 69.4. The molecular formula is C50H73ClN2O8. The van der Waals surface area contributed by atoms with Crippen LogP contribution in [0.4, 0.5) is 0 Å². The van der Waals surface area contributed by atoms with E-state index in [0.717, 1.165) is 68.9 Å². The van der Waals surface area contributed by atoms with Crippen molar-refractivity contribution in [2.45, 2.75) is 169 Å². The fraction of sp³-hybridized carbons (Fsp3) is 0.740. The number of carbonyl (C=O) groups is 5. The van der Waals surface area contributed by atoms with Gasteiger partial charge in [-0.3, -0.25) is 24.0 Å². The average molecular weight is 866 g/mol. The molecule has 0 spiro atoms. The average Bonchev–Trinajstić information content (AvgIpc) is 3.91. The van der Waals surface area contributed by atoms with Gasteiger partial charge in [-0.1, -0.05) is 72.2 Å². The molecule has 0 aliphatic heterocycles. The first-order valence-corrected chi connectivity index (χ1v) is 23.7. The quantitative estimate of drug-likeness (QED) is 0.146. The topological polar surface area (TPSA) is 162 Å². The molecule has 6 aliphatic rings. The molecule has 11 heteroatoms. The number of ketones is 2. The van der Waals surface area contributed by atoms with Crippen LogP contribution in [-0.4, -0.2) is 59.4 Å². The van der Waals surface area contributed by atoms with Gasteiger partial charge in [0.2, 0.25) is 5.78 Å². The SMILES string of the molecule is CC.CC(C)C1=C2C(C(=O)C(=O)NC3(c4ccc(Cl)cc4)CC3)(CCC3C2(N)CCC2C4(C)CCC(CCC23C)C(C)C(OC(=O)CC(C)(C)C(=O)OCCO)CC4)CC1=O. The smallest absolute Gasteiger partial charge is 0.312 e. The number of nitrogens with two attached hydrogens (primary N) is 1. The number of nitrogens with one attached hydrogen (secondary N) is 1. The highest BCUT2D eigenvalue weighted by atomic mass is 35.5. The Kier molecular flexibility index (Phi) is 13.6. The first kappa shape index (κ1) is 47.4. The van der Waals surface area contributed by atoms with Gasteiger partial charge < -0.3 is 25.6 Å². The Bertz CT molecular complexity index is 1900. The Hall–Kier alpha value is -3.08. The molecule has 338 valence electrons. The largest absolute Gasteiger partial charge is 0.463 e. The number of amides is 1. The molecule has 7 rings (SSSR count). The fourth-order valence-electron chi connectivity index (χ4n) is 13.4. The normalized spacial score (nSPS) is 35.2. The zero-order valence-corrected chi connectivity index (χ0v) is 39.1. The zero-order chi connectivity index (χ0) is 44.9. The molecule has 0 heterocycles. The molecule has 0 aromatic heterocycles. The zero-order valence-electron chi connectivity index (χ0n) is 38.3. The van der Waals surface area contributed by atoms with Crippen LogP contribution < -0.4 is 11.1 Å². The van der Waals surface area contributed by atoms with Crippen LogP contribution in [0.15, 0.2) is 35.4 Å². The van der Waals surface area contributed by atoms with Crippen molar-refractivity contribution >= 4 is 41.0 Å². The maximum Gasteiger partial charge on any atom is 0.312 e. The van der Waals surface area contributed by atoms with Gasteiger partial charge in [0.05, 0.1) is 29.4 Å². The van der Waals surface area contributed by atoms with Gasteiger partial charge in [-0.05, 0) is 160 Å². The number of Topliss-reactive ketones (excluding diaryl/α,β-unsaturated/α-hetero) is 2. The van der Waals surface area contributed by atoms with Gasteiger partial charge in [-0.15, -0.1) is 0 Å². The van der Waals surface area contributed by atoms with E-state index in [1.54, 1.807) is 26.0 Å². The van der Waals surface area contributed by atoms with E-state index in [1.807, 2.05) is 39.8 Å². The summed E-state index contributed by atoms with van der Waals surface area (Å²) in [5, 5.41) is 12.8. The molecule has 4 N–H and O–H groups in total. The van der Waals surface area contributed by atoms with E-state index in [0.29, 0.717) is 41.7 Å². The lowest BCUT2D eigenvalue weighted by Crippen LogP contribution is -2.67. The van der Waals surface area contributed by atoms with Crippen molar-refractivity contribution in [3.05, 3.63) is 46.0 Å². The molecule has 5 fully saturated rings. The van der Waals surface area contributed by atoms with Crippen molar-refractivity contribution in [3.63, 3.8) is 0 Å². The Morgan fingerprint density at radius 2 is 1.54 bits per heavy atom. The Morgan fingerprint density at radius 3 is 2.16 bits per heavy atom. The van der Waals surface area contributed by atoms with Crippen LogP contribution in [0, 0.1) is 51.2 Å². The van der Waals surface area contributed by atoms with Crippen molar-refractivity contribution in [2.75, 3.05) is 13.2 Å². The van der Waals surface area contributed by atoms with E-state index >= 15 is 0 Å². The van der Waals surface area contributed by atoms with Crippen LogP contribution in [0.3, 0.4) is 0 Å². The number of rotatable bonds is 11. The molecule has 1 aromatic carbocycles. The molecular weight excluding hydrogens is 792 g/mol. The van der Waals surface area contributed by atoms with Gasteiger partial charge in [0.1, 0.15) is 12.7 Å². The molecule has 9 unspecified atom stereocenters. The van der Waals surface area contributed by atoms with Gasteiger partial charge in [0.25, 0.3) is 5.91 Å². The number of aliphatic hydroxyl groups is 1. The maximum absolute atomic E-state index is 14.9. The molecule has 2 bridgehead atoms. The highest BCUT2D eigenvalue weighted by molar-refractivity contribution is 6.40. The lowest BCUT2D eigenvalue weighted by atomic mass is 9.40. The monoisotopic (exact) mass is 865 g/mol. The van der Waals surface area contributed by atoms with Crippen LogP contribution >= 0.6 is 11.6 Å². The third-order valence-electron chi connectivity index (χ3n) is 16.7. The van der Waals surface area contributed by atoms with Gasteiger partial charge in [0.15, 0.2) is 5.78 Å².